The number of hydrogen-bond donors (Lipinski definition) is 2. The lowest BCUT2D eigenvalue weighted by molar-refractivity contribution is 0.233. The minimum Gasteiger partial charge on any atom is -0.473 e. The third-order valence-electron chi connectivity index (χ3n) is 3.04. The number of amides is 2. The summed E-state index contributed by atoms with van der Waals surface area (Å²) in [6.45, 7) is 5.75. The van der Waals surface area contributed by atoms with Gasteiger partial charge in [-0.1, -0.05) is 12.1 Å². The van der Waals surface area contributed by atoms with E-state index in [4.69, 9.17) is 4.74 Å². The number of benzene rings is 1. The van der Waals surface area contributed by atoms with E-state index in [9.17, 15) is 9.18 Å². The summed E-state index contributed by atoms with van der Waals surface area (Å²) in [4.78, 5) is 16.1. The third-order valence-corrected chi connectivity index (χ3v) is 3.04. The Morgan fingerprint density at radius 3 is 2.83 bits per heavy atom. The molecule has 0 atom stereocenters. The lowest BCUT2D eigenvalue weighted by Gasteiger charge is -2.14. The Hall–Kier alpha value is -2.63. The van der Waals surface area contributed by atoms with E-state index in [0.29, 0.717) is 23.7 Å². The second-order valence-electron chi connectivity index (χ2n) is 5.41. The summed E-state index contributed by atoms with van der Waals surface area (Å²) in [5, 5.41) is 5.42. The number of nitrogens with one attached hydrogen (secondary N) is 2. The van der Waals surface area contributed by atoms with Crippen LogP contribution in [0.4, 0.5) is 14.9 Å². The molecule has 122 valence electrons. The van der Waals surface area contributed by atoms with Gasteiger partial charge in [0.25, 0.3) is 0 Å². The van der Waals surface area contributed by atoms with Crippen molar-refractivity contribution in [3.8, 4) is 5.88 Å². The van der Waals surface area contributed by atoms with Gasteiger partial charge in [0, 0.05) is 12.7 Å². The van der Waals surface area contributed by atoms with Crippen molar-refractivity contribution in [3.05, 3.63) is 53.5 Å². The van der Waals surface area contributed by atoms with E-state index in [-0.39, 0.29) is 18.0 Å². The molecule has 0 bridgehead atoms. The van der Waals surface area contributed by atoms with Gasteiger partial charge in [0.05, 0.1) is 6.10 Å². The maximum Gasteiger partial charge on any atom is 0.319 e. The molecule has 1 aromatic heterocycles. The number of rotatable bonds is 5. The van der Waals surface area contributed by atoms with Gasteiger partial charge in [0.1, 0.15) is 11.5 Å². The first-order valence-corrected chi connectivity index (χ1v) is 7.37. The zero-order valence-corrected chi connectivity index (χ0v) is 13.4. The van der Waals surface area contributed by atoms with Crippen molar-refractivity contribution >= 4 is 11.7 Å². The highest BCUT2D eigenvalue weighted by Crippen LogP contribution is 2.21. The molecule has 0 saturated heterocycles. The zero-order valence-electron chi connectivity index (χ0n) is 13.4. The molecule has 1 aromatic carbocycles. The quantitative estimate of drug-likeness (QED) is 0.885. The summed E-state index contributed by atoms with van der Waals surface area (Å²) < 4.78 is 18.8. The van der Waals surface area contributed by atoms with Gasteiger partial charge < -0.3 is 15.4 Å². The van der Waals surface area contributed by atoms with E-state index in [0.717, 1.165) is 5.56 Å². The number of aromatic nitrogens is 1. The molecule has 0 aliphatic rings. The highest BCUT2D eigenvalue weighted by atomic mass is 19.1. The number of hydrogen-bond acceptors (Lipinski definition) is 3. The lowest BCUT2D eigenvalue weighted by atomic mass is 10.1. The minimum atomic E-state index is -0.381. The Bertz CT molecular complexity index is 689. The van der Waals surface area contributed by atoms with E-state index in [1.54, 1.807) is 37.4 Å². The molecule has 0 fully saturated rings. The van der Waals surface area contributed by atoms with Gasteiger partial charge in [-0.3, -0.25) is 0 Å². The Morgan fingerprint density at radius 2 is 2.13 bits per heavy atom. The number of ether oxygens (including phenoxy) is 1. The molecule has 5 nitrogen and oxygen atoms in total. The van der Waals surface area contributed by atoms with Gasteiger partial charge in [-0.05, 0) is 50.1 Å². The first-order chi connectivity index (χ1) is 11.0. The molecule has 0 saturated carbocycles. The molecule has 2 rings (SSSR count). The van der Waals surface area contributed by atoms with Crippen LogP contribution in [0.15, 0.2) is 36.5 Å². The fraction of sp³-hybridized carbons (Fsp3) is 0.294. The monoisotopic (exact) mass is 317 g/mol. The van der Waals surface area contributed by atoms with Crippen LogP contribution in [0, 0.1) is 12.7 Å². The molecule has 1 heterocycles. The van der Waals surface area contributed by atoms with Crippen LogP contribution >= 0.6 is 0 Å². The number of carbonyl (C=O) groups is 1. The van der Waals surface area contributed by atoms with Gasteiger partial charge in [-0.15, -0.1) is 0 Å². The predicted molar refractivity (Wildman–Crippen MR) is 87.0 cm³/mol. The smallest absolute Gasteiger partial charge is 0.319 e. The summed E-state index contributed by atoms with van der Waals surface area (Å²) in [5.74, 6) is 0.110. The molecule has 2 N–H and O–H groups in total. The number of aryl methyl sites for hydroxylation is 1. The third kappa shape index (κ3) is 4.95. The van der Waals surface area contributed by atoms with E-state index in [2.05, 4.69) is 15.6 Å². The van der Waals surface area contributed by atoms with Gasteiger partial charge in [-0.2, -0.15) is 0 Å². The zero-order chi connectivity index (χ0) is 16.8. The number of carbonyl (C=O) groups excluding carboxylic acids is 1. The van der Waals surface area contributed by atoms with Crippen molar-refractivity contribution in [2.75, 3.05) is 5.32 Å². The van der Waals surface area contributed by atoms with E-state index in [1.807, 2.05) is 13.8 Å². The SMILES string of the molecule is Cc1cc(CNC(=O)Nc2cccnc2OC(C)C)ccc1F. The van der Waals surface area contributed by atoms with Gasteiger partial charge in [0.2, 0.25) is 5.88 Å². The summed E-state index contributed by atoms with van der Waals surface area (Å²) in [6, 6.07) is 7.78. The fourth-order valence-electron chi connectivity index (χ4n) is 1.97. The molecule has 0 spiro atoms. The van der Waals surface area contributed by atoms with Crippen LogP contribution in [0.2, 0.25) is 0 Å². The standard InChI is InChI=1S/C17H20FN3O2/c1-11(2)23-16-15(5-4-8-19-16)21-17(22)20-10-13-6-7-14(18)12(3)9-13/h4-9,11H,10H2,1-3H3,(H2,20,21,22). The number of anilines is 1. The largest absolute Gasteiger partial charge is 0.473 e. The highest BCUT2D eigenvalue weighted by molar-refractivity contribution is 5.90. The summed E-state index contributed by atoms with van der Waals surface area (Å²) in [5.41, 5.74) is 1.86. The summed E-state index contributed by atoms with van der Waals surface area (Å²) in [7, 11) is 0. The summed E-state index contributed by atoms with van der Waals surface area (Å²) >= 11 is 0. The van der Waals surface area contributed by atoms with Crippen LogP contribution in [-0.4, -0.2) is 17.1 Å². The molecule has 23 heavy (non-hydrogen) atoms. The molecule has 0 unspecified atom stereocenters. The molecule has 2 aromatic rings. The molecule has 0 aliphatic heterocycles. The van der Waals surface area contributed by atoms with Gasteiger partial charge in [-0.25, -0.2) is 14.2 Å². The second kappa shape index (κ2) is 7.58. The number of pyridine rings is 1. The minimum absolute atomic E-state index is 0.0456. The maximum atomic E-state index is 13.2. The van der Waals surface area contributed by atoms with E-state index < -0.39 is 0 Å². The van der Waals surface area contributed by atoms with Crippen LogP contribution in [0.1, 0.15) is 25.0 Å². The van der Waals surface area contributed by atoms with Crippen LogP contribution in [0.3, 0.4) is 0 Å². The molecule has 6 heteroatoms. The van der Waals surface area contributed by atoms with Gasteiger partial charge >= 0.3 is 6.03 Å². The highest BCUT2D eigenvalue weighted by Gasteiger charge is 2.10. The van der Waals surface area contributed by atoms with Crippen LogP contribution in [0.25, 0.3) is 0 Å². The molecular formula is C17H20FN3O2. The van der Waals surface area contributed by atoms with Crippen molar-refractivity contribution in [1.29, 1.82) is 0 Å². The fourth-order valence-corrected chi connectivity index (χ4v) is 1.97. The summed E-state index contributed by atoms with van der Waals surface area (Å²) in [6.07, 6.45) is 1.55. The normalized spacial score (nSPS) is 10.5. The van der Waals surface area contributed by atoms with Crippen molar-refractivity contribution < 1.29 is 13.9 Å². The average Bonchev–Trinajstić information content (AvgIpc) is 2.50. The van der Waals surface area contributed by atoms with Crippen molar-refractivity contribution in [1.82, 2.24) is 10.3 Å². The Balaban J connectivity index is 1.96. The second-order valence-corrected chi connectivity index (χ2v) is 5.41. The van der Waals surface area contributed by atoms with Crippen LogP contribution in [-0.2, 0) is 6.54 Å². The first kappa shape index (κ1) is 16.7. The molecule has 0 aliphatic carbocycles. The lowest BCUT2D eigenvalue weighted by Crippen LogP contribution is -2.28. The Morgan fingerprint density at radius 1 is 1.35 bits per heavy atom. The van der Waals surface area contributed by atoms with Crippen LogP contribution in [0.5, 0.6) is 5.88 Å². The van der Waals surface area contributed by atoms with Crippen molar-refractivity contribution in [3.63, 3.8) is 0 Å². The topological polar surface area (TPSA) is 63.2 Å². The molecular weight excluding hydrogens is 297 g/mol. The maximum absolute atomic E-state index is 13.2. The van der Waals surface area contributed by atoms with Crippen LogP contribution < -0.4 is 15.4 Å². The van der Waals surface area contributed by atoms with Crippen molar-refractivity contribution in [2.24, 2.45) is 0 Å². The Labute approximate surface area is 134 Å². The predicted octanol–water partition coefficient (Wildman–Crippen LogP) is 3.64. The van der Waals surface area contributed by atoms with Gasteiger partial charge in [0.15, 0.2) is 0 Å². The number of halogens is 1. The molecule has 2 amide bonds. The molecule has 0 radical (unpaired) electrons. The first-order valence-electron chi connectivity index (χ1n) is 7.37. The van der Waals surface area contributed by atoms with E-state index >= 15 is 0 Å². The average molecular weight is 317 g/mol. The van der Waals surface area contributed by atoms with Crippen molar-refractivity contribution in [2.45, 2.75) is 33.4 Å². The van der Waals surface area contributed by atoms with E-state index in [1.165, 1.54) is 6.07 Å². The Kier molecular flexibility index (Phi) is 5.51. The number of nitrogens with zero attached hydrogens (tertiary/aromatic N) is 1. The number of urea groups is 1.